The van der Waals surface area contributed by atoms with E-state index in [0.29, 0.717) is 6.42 Å². The average Bonchev–Trinajstić information content (AvgIpc) is 2.12. The fourth-order valence-corrected chi connectivity index (χ4v) is 1.72. The summed E-state index contributed by atoms with van der Waals surface area (Å²) >= 11 is 0. The predicted octanol–water partition coefficient (Wildman–Crippen LogP) is 0.975. The Morgan fingerprint density at radius 1 is 1.54 bits per heavy atom. The molecule has 0 amide bonds. The van der Waals surface area contributed by atoms with Crippen molar-refractivity contribution in [3.05, 3.63) is 12.7 Å². The van der Waals surface area contributed by atoms with Crippen molar-refractivity contribution in [2.24, 2.45) is 0 Å². The summed E-state index contributed by atoms with van der Waals surface area (Å²) in [5.41, 5.74) is 0. The summed E-state index contributed by atoms with van der Waals surface area (Å²) in [6.45, 7) is 8.02. The summed E-state index contributed by atoms with van der Waals surface area (Å²) in [6, 6.07) is 0.254. The summed E-state index contributed by atoms with van der Waals surface area (Å²) in [6.07, 6.45) is 2.47. The topological polar surface area (TPSA) is 46.2 Å². The van der Waals surface area contributed by atoms with Crippen molar-refractivity contribution in [1.29, 1.82) is 0 Å². The summed E-state index contributed by atoms with van der Waals surface area (Å²) in [5.74, 6) is 0.518. The van der Waals surface area contributed by atoms with Gasteiger partial charge >= 0.3 is 0 Å². The lowest BCUT2D eigenvalue weighted by molar-refractivity contribution is 0.584. The highest BCUT2D eigenvalue weighted by molar-refractivity contribution is 7.91. The SMILES string of the molecule is C=CC(C)NCCCS(=O)(=O)CC. The smallest absolute Gasteiger partial charge is 0.150 e. The van der Waals surface area contributed by atoms with Gasteiger partial charge in [0.2, 0.25) is 0 Å². The lowest BCUT2D eigenvalue weighted by Gasteiger charge is -2.08. The highest BCUT2D eigenvalue weighted by atomic mass is 32.2. The third-order valence-corrected chi connectivity index (χ3v) is 3.68. The van der Waals surface area contributed by atoms with Crippen molar-refractivity contribution < 1.29 is 8.42 Å². The lowest BCUT2D eigenvalue weighted by atomic mass is 10.3. The molecule has 3 nitrogen and oxygen atoms in total. The summed E-state index contributed by atoms with van der Waals surface area (Å²) in [5, 5.41) is 3.15. The Balaban J connectivity index is 3.52. The van der Waals surface area contributed by atoms with Crippen LogP contribution in [0.5, 0.6) is 0 Å². The molecule has 13 heavy (non-hydrogen) atoms. The van der Waals surface area contributed by atoms with E-state index in [1.165, 1.54) is 0 Å². The van der Waals surface area contributed by atoms with Crippen LogP contribution in [0.2, 0.25) is 0 Å². The highest BCUT2D eigenvalue weighted by Crippen LogP contribution is 1.92. The van der Waals surface area contributed by atoms with Crippen molar-refractivity contribution in [3.63, 3.8) is 0 Å². The zero-order chi connectivity index (χ0) is 10.3. The Morgan fingerprint density at radius 2 is 2.15 bits per heavy atom. The number of sulfone groups is 1. The van der Waals surface area contributed by atoms with Gasteiger partial charge in [-0.15, -0.1) is 6.58 Å². The van der Waals surface area contributed by atoms with Crippen LogP contribution in [0.3, 0.4) is 0 Å². The molecule has 78 valence electrons. The van der Waals surface area contributed by atoms with E-state index in [-0.39, 0.29) is 17.5 Å². The van der Waals surface area contributed by atoms with Crippen LogP contribution in [0.1, 0.15) is 20.3 Å². The molecule has 0 saturated heterocycles. The van der Waals surface area contributed by atoms with Crippen molar-refractivity contribution in [1.82, 2.24) is 5.32 Å². The minimum Gasteiger partial charge on any atom is -0.311 e. The van der Waals surface area contributed by atoms with Crippen molar-refractivity contribution >= 4 is 9.84 Å². The minimum absolute atomic E-state index is 0.240. The third-order valence-electron chi connectivity index (χ3n) is 1.89. The van der Waals surface area contributed by atoms with Gasteiger partial charge in [-0.25, -0.2) is 8.42 Å². The van der Waals surface area contributed by atoms with Crippen LogP contribution in [0.15, 0.2) is 12.7 Å². The number of hydrogen-bond donors (Lipinski definition) is 1. The van der Waals surface area contributed by atoms with Crippen LogP contribution in [-0.2, 0) is 9.84 Å². The van der Waals surface area contributed by atoms with Gasteiger partial charge in [0.25, 0.3) is 0 Å². The van der Waals surface area contributed by atoms with Crippen LogP contribution in [-0.4, -0.2) is 32.5 Å². The number of hydrogen-bond acceptors (Lipinski definition) is 3. The van der Waals surface area contributed by atoms with Crippen molar-refractivity contribution in [2.75, 3.05) is 18.1 Å². The standard InChI is InChI=1S/C9H19NO2S/c1-4-9(3)10-7-6-8-13(11,12)5-2/h4,9-10H,1,5-8H2,2-3H3. The van der Waals surface area contributed by atoms with Crippen LogP contribution in [0.4, 0.5) is 0 Å². The fourth-order valence-electron chi connectivity index (χ4n) is 0.849. The third kappa shape index (κ3) is 6.78. The maximum atomic E-state index is 11.1. The number of rotatable bonds is 7. The maximum absolute atomic E-state index is 11.1. The molecule has 1 N–H and O–H groups in total. The Morgan fingerprint density at radius 3 is 2.62 bits per heavy atom. The highest BCUT2D eigenvalue weighted by Gasteiger charge is 2.06. The normalized spacial score (nSPS) is 14.0. The van der Waals surface area contributed by atoms with Gasteiger partial charge in [0.1, 0.15) is 9.84 Å². The first kappa shape index (κ1) is 12.7. The van der Waals surface area contributed by atoms with Gasteiger partial charge in [-0.1, -0.05) is 13.0 Å². The first-order chi connectivity index (χ1) is 6.02. The molecule has 0 aliphatic rings. The largest absolute Gasteiger partial charge is 0.311 e. The van der Waals surface area contributed by atoms with Crippen LogP contribution in [0.25, 0.3) is 0 Å². The predicted molar refractivity (Wildman–Crippen MR) is 56.6 cm³/mol. The molecule has 0 saturated carbocycles. The Labute approximate surface area is 81.1 Å². The van der Waals surface area contributed by atoms with Gasteiger partial charge in [0.15, 0.2) is 0 Å². The molecular formula is C9H19NO2S. The van der Waals surface area contributed by atoms with E-state index in [1.807, 2.05) is 6.92 Å². The van der Waals surface area contributed by atoms with Crippen molar-refractivity contribution in [3.8, 4) is 0 Å². The van der Waals surface area contributed by atoms with Crippen LogP contribution in [0, 0.1) is 0 Å². The van der Waals surface area contributed by atoms with Gasteiger partial charge in [-0.05, 0) is 19.9 Å². The maximum Gasteiger partial charge on any atom is 0.150 e. The molecule has 0 radical (unpaired) electrons. The second-order valence-electron chi connectivity index (χ2n) is 3.07. The van der Waals surface area contributed by atoms with Gasteiger partial charge in [0.05, 0.1) is 5.75 Å². The second-order valence-corrected chi connectivity index (χ2v) is 5.54. The second kappa shape index (κ2) is 6.16. The van der Waals surface area contributed by atoms with E-state index in [4.69, 9.17) is 0 Å². The first-order valence-corrected chi connectivity index (χ1v) is 6.40. The zero-order valence-electron chi connectivity index (χ0n) is 8.41. The Hall–Kier alpha value is -0.350. The molecule has 0 aliphatic carbocycles. The molecule has 0 aliphatic heterocycles. The fraction of sp³-hybridized carbons (Fsp3) is 0.778. The molecule has 0 aromatic carbocycles. The molecule has 0 bridgehead atoms. The number of nitrogens with one attached hydrogen (secondary N) is 1. The molecule has 0 spiro atoms. The molecule has 0 aromatic heterocycles. The van der Waals surface area contributed by atoms with E-state index < -0.39 is 9.84 Å². The molecule has 0 fully saturated rings. The summed E-state index contributed by atoms with van der Waals surface area (Å²) in [4.78, 5) is 0. The van der Waals surface area contributed by atoms with Gasteiger partial charge in [0, 0.05) is 11.8 Å². The molecule has 1 unspecified atom stereocenters. The van der Waals surface area contributed by atoms with E-state index in [1.54, 1.807) is 13.0 Å². The van der Waals surface area contributed by atoms with Crippen molar-refractivity contribution in [2.45, 2.75) is 26.3 Å². The molecule has 0 heterocycles. The average molecular weight is 205 g/mol. The quantitative estimate of drug-likeness (QED) is 0.498. The molecule has 0 aromatic rings. The zero-order valence-corrected chi connectivity index (χ0v) is 9.23. The Bertz CT molecular complexity index is 234. The summed E-state index contributed by atoms with van der Waals surface area (Å²) < 4.78 is 22.1. The molecule has 4 heteroatoms. The lowest BCUT2D eigenvalue weighted by Crippen LogP contribution is -2.26. The Kier molecular flexibility index (Phi) is 5.99. The monoisotopic (exact) mass is 205 g/mol. The van der Waals surface area contributed by atoms with Crippen LogP contribution < -0.4 is 5.32 Å². The first-order valence-electron chi connectivity index (χ1n) is 4.58. The van der Waals surface area contributed by atoms with E-state index in [0.717, 1.165) is 6.54 Å². The minimum atomic E-state index is -2.79. The van der Waals surface area contributed by atoms with E-state index >= 15 is 0 Å². The van der Waals surface area contributed by atoms with Gasteiger partial charge < -0.3 is 5.32 Å². The molecular weight excluding hydrogens is 186 g/mol. The van der Waals surface area contributed by atoms with E-state index in [9.17, 15) is 8.42 Å². The van der Waals surface area contributed by atoms with Crippen LogP contribution >= 0.6 is 0 Å². The van der Waals surface area contributed by atoms with E-state index in [2.05, 4.69) is 11.9 Å². The molecule has 1 atom stereocenters. The van der Waals surface area contributed by atoms with Gasteiger partial charge in [-0.3, -0.25) is 0 Å². The summed E-state index contributed by atoms with van der Waals surface area (Å²) in [7, 11) is -2.79. The van der Waals surface area contributed by atoms with Gasteiger partial charge in [-0.2, -0.15) is 0 Å². The molecule has 0 rings (SSSR count).